The van der Waals surface area contributed by atoms with Crippen LogP contribution in [0.15, 0.2) is 0 Å². The molecule has 45 heavy (non-hydrogen) atoms. The summed E-state index contributed by atoms with van der Waals surface area (Å²) in [6.45, 7) is 5.11. The maximum Gasteiger partial charge on any atom is 0.319 e. The van der Waals surface area contributed by atoms with Crippen LogP contribution in [-0.4, -0.2) is 76.5 Å². The van der Waals surface area contributed by atoms with E-state index < -0.39 is 37.2 Å². The summed E-state index contributed by atoms with van der Waals surface area (Å²) in [7, 11) is 0. The van der Waals surface area contributed by atoms with Gasteiger partial charge >= 0.3 is 6.03 Å². The van der Waals surface area contributed by atoms with Gasteiger partial charge < -0.3 is 31.1 Å². The Hall–Kier alpha value is -0.930. The summed E-state index contributed by atoms with van der Waals surface area (Å²) in [5.41, 5.74) is 6.24. The van der Waals surface area contributed by atoms with Crippen LogP contribution in [0.5, 0.6) is 0 Å². The number of nitrogens with two attached hydrogens (primary N) is 1. The van der Waals surface area contributed by atoms with E-state index in [9.17, 15) is 20.1 Å². The Morgan fingerprint density at radius 1 is 0.622 bits per heavy atom. The van der Waals surface area contributed by atoms with E-state index in [1.807, 2.05) is 0 Å². The number of carbonyl (C=O) groups is 1. The summed E-state index contributed by atoms with van der Waals surface area (Å²) in [6, 6.07) is -1.21. The van der Waals surface area contributed by atoms with E-state index in [1.54, 1.807) is 4.90 Å². The van der Waals surface area contributed by atoms with Gasteiger partial charge in [0.05, 0.1) is 12.6 Å². The van der Waals surface area contributed by atoms with Crippen LogP contribution in [0.4, 0.5) is 4.79 Å². The number of amides is 2. The van der Waals surface area contributed by atoms with Crippen LogP contribution in [0, 0.1) is 0 Å². The number of aliphatic hydroxyl groups is 3. The first-order valence-corrected chi connectivity index (χ1v) is 19.4. The molecule has 0 aromatic carbocycles. The number of nitrogens with zero attached hydrogens (tertiary/aromatic N) is 1. The molecule has 0 radical (unpaired) electrons. The highest BCUT2D eigenvalue weighted by atomic mass is 16.5. The third-order valence-corrected chi connectivity index (χ3v) is 9.58. The van der Waals surface area contributed by atoms with Crippen molar-refractivity contribution in [3.63, 3.8) is 0 Å². The SMILES string of the molecule is CCCCCCCCCCCCCCCCCCNC(=O)N(CCCCCCCCCCCC)[C@@H]1O[C@H](CO)[C@@H](O)[C@H](O)[C@H]1N. The number of nitrogens with one attached hydrogen (secondary N) is 1. The molecule has 1 fully saturated rings. The molecule has 268 valence electrons. The van der Waals surface area contributed by atoms with Gasteiger partial charge in [0.1, 0.15) is 18.3 Å². The minimum atomic E-state index is -1.28. The molecule has 0 aromatic heterocycles. The smallest absolute Gasteiger partial charge is 0.319 e. The maximum absolute atomic E-state index is 13.3. The summed E-state index contributed by atoms with van der Waals surface area (Å²) in [4.78, 5) is 14.9. The van der Waals surface area contributed by atoms with Gasteiger partial charge in [0.15, 0.2) is 6.23 Å². The van der Waals surface area contributed by atoms with Crippen molar-refractivity contribution in [2.45, 2.75) is 211 Å². The van der Waals surface area contributed by atoms with Crippen LogP contribution in [0.1, 0.15) is 181 Å². The molecule has 6 N–H and O–H groups in total. The largest absolute Gasteiger partial charge is 0.394 e. The predicted molar refractivity (Wildman–Crippen MR) is 187 cm³/mol. The molecule has 0 aromatic rings. The lowest BCUT2D eigenvalue weighted by Gasteiger charge is -2.45. The summed E-state index contributed by atoms with van der Waals surface area (Å²) in [6.07, 6.45) is 28.5. The highest BCUT2D eigenvalue weighted by Crippen LogP contribution is 2.23. The molecule has 8 heteroatoms. The standard InChI is InChI=1S/C37H75N3O5/c1-3-5-7-9-11-13-15-16-17-18-19-20-21-23-25-27-29-39-37(44)40(30-28-26-24-22-14-12-10-8-6-4-2)36-33(38)35(43)34(42)32(31-41)45-36/h32-36,41-43H,3-31,38H2,1-2H3,(H,39,44)/t32-,33-,34-,35-,36-/m1/s1. The fourth-order valence-corrected chi connectivity index (χ4v) is 6.48. The van der Waals surface area contributed by atoms with Gasteiger partial charge in [0.25, 0.3) is 0 Å². The van der Waals surface area contributed by atoms with Crippen molar-refractivity contribution in [1.29, 1.82) is 0 Å². The molecule has 0 saturated carbocycles. The van der Waals surface area contributed by atoms with E-state index >= 15 is 0 Å². The Morgan fingerprint density at radius 3 is 1.40 bits per heavy atom. The van der Waals surface area contributed by atoms with Crippen LogP contribution in [0.25, 0.3) is 0 Å². The highest BCUT2D eigenvalue weighted by molar-refractivity contribution is 5.74. The van der Waals surface area contributed by atoms with Crippen molar-refractivity contribution in [1.82, 2.24) is 10.2 Å². The van der Waals surface area contributed by atoms with Gasteiger partial charge in [-0.05, 0) is 12.8 Å². The number of unbranched alkanes of at least 4 members (excludes halogenated alkanes) is 24. The van der Waals surface area contributed by atoms with Gasteiger partial charge in [-0.2, -0.15) is 0 Å². The normalized spacial score (nSPS) is 21.7. The Balaban J connectivity index is 2.28. The molecular weight excluding hydrogens is 566 g/mol. The molecule has 1 rings (SSSR count). The van der Waals surface area contributed by atoms with Gasteiger partial charge in [-0.15, -0.1) is 0 Å². The molecule has 0 bridgehead atoms. The van der Waals surface area contributed by atoms with Gasteiger partial charge in [0.2, 0.25) is 0 Å². The average Bonchev–Trinajstić information content (AvgIpc) is 3.04. The number of hydrogen-bond donors (Lipinski definition) is 5. The van der Waals surface area contributed by atoms with E-state index in [-0.39, 0.29) is 6.03 Å². The molecule has 5 atom stereocenters. The van der Waals surface area contributed by atoms with E-state index in [4.69, 9.17) is 10.5 Å². The average molecular weight is 642 g/mol. The number of hydrogen-bond acceptors (Lipinski definition) is 6. The second kappa shape index (κ2) is 29.2. The van der Waals surface area contributed by atoms with Crippen molar-refractivity contribution >= 4 is 6.03 Å². The number of rotatable bonds is 30. The van der Waals surface area contributed by atoms with E-state index in [2.05, 4.69) is 19.2 Å². The predicted octanol–water partition coefficient (Wildman–Crippen LogP) is 7.95. The van der Waals surface area contributed by atoms with Crippen LogP contribution in [0.2, 0.25) is 0 Å². The zero-order valence-corrected chi connectivity index (χ0v) is 29.6. The Kier molecular flexibility index (Phi) is 27.3. The van der Waals surface area contributed by atoms with E-state index in [1.165, 1.54) is 135 Å². The molecule has 1 aliphatic heterocycles. The fourth-order valence-electron chi connectivity index (χ4n) is 6.48. The monoisotopic (exact) mass is 642 g/mol. The van der Waals surface area contributed by atoms with Gasteiger partial charge in [0, 0.05) is 13.1 Å². The first kappa shape index (κ1) is 42.1. The Bertz CT molecular complexity index is 668. The first-order chi connectivity index (χ1) is 22.0. The van der Waals surface area contributed by atoms with Crippen LogP contribution in [-0.2, 0) is 4.74 Å². The number of urea groups is 1. The lowest BCUT2D eigenvalue weighted by molar-refractivity contribution is -0.218. The third-order valence-electron chi connectivity index (χ3n) is 9.58. The second-order valence-electron chi connectivity index (χ2n) is 13.7. The molecule has 0 aliphatic carbocycles. The molecule has 1 saturated heterocycles. The van der Waals surface area contributed by atoms with Crippen LogP contribution >= 0.6 is 0 Å². The van der Waals surface area contributed by atoms with Crippen molar-refractivity contribution in [3.05, 3.63) is 0 Å². The van der Waals surface area contributed by atoms with Crippen LogP contribution in [0.3, 0.4) is 0 Å². The van der Waals surface area contributed by atoms with Crippen molar-refractivity contribution < 1.29 is 24.9 Å². The van der Waals surface area contributed by atoms with Gasteiger partial charge in [-0.25, -0.2) is 4.79 Å². The number of aliphatic hydroxyl groups excluding tert-OH is 3. The highest BCUT2D eigenvalue weighted by Gasteiger charge is 2.45. The summed E-state index contributed by atoms with van der Waals surface area (Å²) < 4.78 is 5.87. The topological polar surface area (TPSA) is 128 Å². The molecule has 1 aliphatic rings. The third kappa shape index (κ3) is 20.1. The van der Waals surface area contributed by atoms with Gasteiger partial charge in [-0.3, -0.25) is 4.90 Å². The minimum Gasteiger partial charge on any atom is -0.394 e. The molecule has 8 nitrogen and oxygen atoms in total. The van der Waals surface area contributed by atoms with Gasteiger partial charge in [-0.1, -0.05) is 168 Å². The zero-order valence-electron chi connectivity index (χ0n) is 29.6. The number of ether oxygens (including phenoxy) is 1. The fraction of sp³-hybridized carbons (Fsp3) is 0.973. The first-order valence-electron chi connectivity index (χ1n) is 19.4. The number of carbonyl (C=O) groups excluding carboxylic acids is 1. The Morgan fingerprint density at radius 2 is 1.00 bits per heavy atom. The quantitative estimate of drug-likeness (QED) is 0.0507. The van der Waals surface area contributed by atoms with Crippen molar-refractivity contribution in [2.75, 3.05) is 19.7 Å². The lowest BCUT2D eigenvalue weighted by atomic mass is 9.96. The zero-order chi connectivity index (χ0) is 33.0. The second-order valence-corrected chi connectivity index (χ2v) is 13.7. The minimum absolute atomic E-state index is 0.257. The molecular formula is C37H75N3O5. The lowest BCUT2D eigenvalue weighted by Crippen LogP contribution is -2.67. The Labute approximate surface area is 277 Å². The summed E-state index contributed by atoms with van der Waals surface area (Å²) >= 11 is 0. The van der Waals surface area contributed by atoms with Crippen molar-refractivity contribution in [2.24, 2.45) is 5.73 Å². The van der Waals surface area contributed by atoms with E-state index in [0.29, 0.717) is 13.1 Å². The molecule has 0 spiro atoms. The summed E-state index contributed by atoms with van der Waals surface area (Å²) in [5.74, 6) is 0. The van der Waals surface area contributed by atoms with E-state index in [0.717, 1.165) is 32.1 Å². The van der Waals surface area contributed by atoms with Crippen LogP contribution < -0.4 is 11.1 Å². The molecule has 1 heterocycles. The summed E-state index contributed by atoms with van der Waals surface area (Å²) in [5, 5.41) is 33.5. The van der Waals surface area contributed by atoms with Crippen molar-refractivity contribution in [3.8, 4) is 0 Å². The molecule has 2 amide bonds. The molecule has 0 unspecified atom stereocenters. The maximum atomic E-state index is 13.3.